The zero-order valence-electron chi connectivity index (χ0n) is 16.0. The first-order valence-corrected chi connectivity index (χ1v) is 9.31. The van der Waals surface area contributed by atoms with E-state index < -0.39 is 11.9 Å². The first-order valence-electron chi connectivity index (χ1n) is 9.31. The molecule has 1 amide bonds. The number of nitrogens with one attached hydrogen (secondary N) is 1. The second-order valence-corrected chi connectivity index (χ2v) is 6.15. The van der Waals surface area contributed by atoms with Crippen LogP contribution in [0.3, 0.4) is 0 Å². The fraction of sp³-hybridized carbons (Fsp3) is 0.318. The van der Waals surface area contributed by atoms with E-state index in [0.29, 0.717) is 31.6 Å². The largest absolute Gasteiger partial charge is 0.466 e. The summed E-state index contributed by atoms with van der Waals surface area (Å²) in [6, 6.07) is 17.0. The molecule has 0 radical (unpaired) electrons. The molecule has 0 aliphatic rings. The molecule has 0 aliphatic heterocycles. The average molecular weight is 383 g/mol. The Morgan fingerprint density at radius 3 is 2.39 bits per heavy atom. The summed E-state index contributed by atoms with van der Waals surface area (Å²) < 4.78 is 9.95. The van der Waals surface area contributed by atoms with Gasteiger partial charge in [0.05, 0.1) is 12.2 Å². The van der Waals surface area contributed by atoms with E-state index in [-0.39, 0.29) is 19.0 Å². The van der Waals surface area contributed by atoms with Crippen molar-refractivity contribution >= 4 is 17.8 Å². The fourth-order valence-corrected chi connectivity index (χ4v) is 2.64. The summed E-state index contributed by atoms with van der Waals surface area (Å²) in [7, 11) is 0. The van der Waals surface area contributed by atoms with E-state index in [4.69, 9.17) is 9.47 Å². The van der Waals surface area contributed by atoms with E-state index in [0.717, 1.165) is 11.1 Å². The number of hydrogen-bond acceptors (Lipinski definition) is 5. The fourth-order valence-electron chi connectivity index (χ4n) is 2.64. The third kappa shape index (κ3) is 7.23. The van der Waals surface area contributed by atoms with Gasteiger partial charge in [-0.15, -0.1) is 0 Å². The Morgan fingerprint density at radius 2 is 1.64 bits per heavy atom. The van der Waals surface area contributed by atoms with Crippen LogP contribution >= 0.6 is 0 Å². The number of ether oxygens (including phenoxy) is 2. The van der Waals surface area contributed by atoms with Gasteiger partial charge in [-0.3, -0.25) is 9.59 Å². The molecule has 0 saturated carbocycles. The first kappa shape index (κ1) is 21.2. The molecule has 0 unspecified atom stereocenters. The smallest absolute Gasteiger partial charge is 0.338 e. The molecule has 0 fully saturated rings. The van der Waals surface area contributed by atoms with Gasteiger partial charge in [-0.2, -0.15) is 0 Å². The topological polar surface area (TPSA) is 81.7 Å². The molecule has 2 aromatic rings. The van der Waals surface area contributed by atoms with Gasteiger partial charge < -0.3 is 14.8 Å². The molecule has 0 aromatic heterocycles. The van der Waals surface area contributed by atoms with Gasteiger partial charge in [0.15, 0.2) is 6.61 Å². The summed E-state index contributed by atoms with van der Waals surface area (Å²) in [5.74, 6) is -1.23. The zero-order chi connectivity index (χ0) is 20.2. The maximum Gasteiger partial charge on any atom is 0.338 e. The summed E-state index contributed by atoms with van der Waals surface area (Å²) in [4.78, 5) is 35.4. The van der Waals surface area contributed by atoms with Crippen LogP contribution in [0.4, 0.5) is 0 Å². The van der Waals surface area contributed by atoms with Gasteiger partial charge in [0.25, 0.3) is 5.91 Å². The van der Waals surface area contributed by atoms with Gasteiger partial charge in [-0.25, -0.2) is 4.79 Å². The minimum atomic E-state index is -0.534. The highest BCUT2D eigenvalue weighted by Crippen LogP contribution is 2.15. The standard InChI is InChI=1S/C22H25NO5/c1-2-27-21(25)13-8-14-23-20(24)16-28-22(26)19-12-7-6-11-18(19)15-17-9-4-3-5-10-17/h3-7,9-12H,2,8,13-16H2,1H3,(H,23,24). The predicted molar refractivity (Wildman–Crippen MR) is 105 cm³/mol. The Hall–Kier alpha value is -3.15. The van der Waals surface area contributed by atoms with Crippen molar-refractivity contribution in [2.75, 3.05) is 19.8 Å². The minimum Gasteiger partial charge on any atom is -0.466 e. The number of esters is 2. The number of benzene rings is 2. The predicted octanol–water partition coefficient (Wildman–Crippen LogP) is 2.89. The molecule has 0 saturated heterocycles. The Kier molecular flexibility index (Phi) is 8.72. The highest BCUT2D eigenvalue weighted by molar-refractivity contribution is 5.92. The number of amides is 1. The molecule has 2 rings (SSSR count). The van der Waals surface area contributed by atoms with Crippen LogP contribution in [-0.4, -0.2) is 37.6 Å². The maximum atomic E-state index is 12.4. The van der Waals surface area contributed by atoms with Crippen LogP contribution in [0.1, 0.15) is 41.3 Å². The molecular formula is C22H25NO5. The van der Waals surface area contributed by atoms with E-state index in [1.54, 1.807) is 19.1 Å². The van der Waals surface area contributed by atoms with Crippen molar-refractivity contribution in [1.29, 1.82) is 0 Å². The molecule has 0 heterocycles. The lowest BCUT2D eigenvalue weighted by Gasteiger charge is -2.10. The molecule has 148 valence electrons. The van der Waals surface area contributed by atoms with Gasteiger partial charge >= 0.3 is 11.9 Å². The van der Waals surface area contributed by atoms with Gasteiger partial charge in [0.2, 0.25) is 0 Å². The normalized spacial score (nSPS) is 10.2. The molecule has 1 N–H and O–H groups in total. The molecule has 0 aliphatic carbocycles. The van der Waals surface area contributed by atoms with Gasteiger partial charge in [0, 0.05) is 13.0 Å². The summed E-state index contributed by atoms with van der Waals surface area (Å²) in [6.07, 6.45) is 1.31. The summed E-state index contributed by atoms with van der Waals surface area (Å²) >= 11 is 0. The van der Waals surface area contributed by atoms with E-state index >= 15 is 0 Å². The van der Waals surface area contributed by atoms with Crippen LogP contribution in [0, 0.1) is 0 Å². The van der Waals surface area contributed by atoms with E-state index in [1.807, 2.05) is 42.5 Å². The highest BCUT2D eigenvalue weighted by Gasteiger charge is 2.14. The van der Waals surface area contributed by atoms with Gasteiger partial charge in [0.1, 0.15) is 0 Å². The molecular weight excluding hydrogens is 358 g/mol. The summed E-state index contributed by atoms with van der Waals surface area (Å²) in [5, 5.41) is 2.62. The molecule has 6 nitrogen and oxygen atoms in total. The molecule has 6 heteroatoms. The van der Waals surface area contributed by atoms with Crippen LogP contribution in [-0.2, 0) is 25.5 Å². The van der Waals surface area contributed by atoms with Gasteiger partial charge in [-0.05, 0) is 37.0 Å². The van der Waals surface area contributed by atoms with Crippen molar-refractivity contribution in [2.24, 2.45) is 0 Å². The van der Waals surface area contributed by atoms with Crippen molar-refractivity contribution in [2.45, 2.75) is 26.2 Å². The SMILES string of the molecule is CCOC(=O)CCCNC(=O)COC(=O)c1ccccc1Cc1ccccc1. The Balaban J connectivity index is 1.80. The minimum absolute atomic E-state index is 0.237. The van der Waals surface area contributed by atoms with Crippen molar-refractivity contribution in [3.05, 3.63) is 71.3 Å². The van der Waals surface area contributed by atoms with Crippen molar-refractivity contribution in [3.8, 4) is 0 Å². The highest BCUT2D eigenvalue weighted by atomic mass is 16.5. The monoisotopic (exact) mass is 383 g/mol. The lowest BCUT2D eigenvalue weighted by molar-refractivity contribution is -0.143. The van der Waals surface area contributed by atoms with Crippen molar-refractivity contribution in [3.63, 3.8) is 0 Å². The lowest BCUT2D eigenvalue weighted by atomic mass is 10.00. The summed E-state index contributed by atoms with van der Waals surface area (Å²) in [5.41, 5.74) is 2.37. The second-order valence-electron chi connectivity index (χ2n) is 6.15. The number of rotatable bonds is 10. The molecule has 0 bridgehead atoms. The number of hydrogen-bond donors (Lipinski definition) is 1. The average Bonchev–Trinajstić information content (AvgIpc) is 2.71. The van der Waals surface area contributed by atoms with Crippen LogP contribution in [0.25, 0.3) is 0 Å². The Bertz CT molecular complexity index is 789. The van der Waals surface area contributed by atoms with E-state index in [1.165, 1.54) is 0 Å². The molecule has 28 heavy (non-hydrogen) atoms. The van der Waals surface area contributed by atoms with Crippen LogP contribution in [0.5, 0.6) is 0 Å². The second kappa shape index (κ2) is 11.5. The first-order chi connectivity index (χ1) is 13.6. The van der Waals surface area contributed by atoms with Crippen LogP contribution in [0.2, 0.25) is 0 Å². The van der Waals surface area contributed by atoms with Crippen LogP contribution in [0.15, 0.2) is 54.6 Å². The third-order valence-electron chi connectivity index (χ3n) is 3.99. The summed E-state index contributed by atoms with van der Waals surface area (Å²) in [6.45, 7) is 2.04. The van der Waals surface area contributed by atoms with E-state index in [9.17, 15) is 14.4 Å². The Labute approximate surface area is 164 Å². The zero-order valence-corrected chi connectivity index (χ0v) is 16.0. The van der Waals surface area contributed by atoms with Crippen molar-refractivity contribution < 1.29 is 23.9 Å². The molecule has 0 spiro atoms. The molecule has 2 aromatic carbocycles. The van der Waals surface area contributed by atoms with Crippen molar-refractivity contribution in [1.82, 2.24) is 5.32 Å². The van der Waals surface area contributed by atoms with Gasteiger partial charge in [-0.1, -0.05) is 48.5 Å². The van der Waals surface area contributed by atoms with Crippen LogP contribution < -0.4 is 5.32 Å². The maximum absolute atomic E-state index is 12.4. The third-order valence-corrected chi connectivity index (χ3v) is 3.99. The Morgan fingerprint density at radius 1 is 0.929 bits per heavy atom. The number of carbonyl (C=O) groups is 3. The lowest BCUT2D eigenvalue weighted by Crippen LogP contribution is -2.30. The quantitative estimate of drug-likeness (QED) is 0.504. The van der Waals surface area contributed by atoms with E-state index in [2.05, 4.69) is 5.32 Å². The molecule has 0 atom stereocenters. The number of carbonyl (C=O) groups excluding carboxylic acids is 3.